The highest BCUT2D eigenvalue weighted by atomic mass is 32.1. The molecule has 68 valence electrons. The summed E-state index contributed by atoms with van der Waals surface area (Å²) in [5.41, 5.74) is 1.06. The van der Waals surface area contributed by atoms with Crippen molar-refractivity contribution in [1.82, 2.24) is 0 Å². The molecular formula is C10H9FOS. The molecule has 0 spiro atoms. The number of thiophene rings is 1. The molecule has 0 unspecified atom stereocenters. The quantitative estimate of drug-likeness (QED) is 0.743. The summed E-state index contributed by atoms with van der Waals surface area (Å²) in [6, 6.07) is 4.93. The predicted octanol–water partition coefficient (Wildman–Crippen LogP) is 2.84. The summed E-state index contributed by atoms with van der Waals surface area (Å²) in [6.45, 7) is 1.93. The van der Waals surface area contributed by atoms with E-state index in [0.717, 1.165) is 15.1 Å². The van der Waals surface area contributed by atoms with Crippen molar-refractivity contribution in [3.05, 3.63) is 34.5 Å². The molecule has 2 rings (SSSR count). The number of rotatable bonds is 1. The van der Waals surface area contributed by atoms with Crippen molar-refractivity contribution < 1.29 is 9.50 Å². The van der Waals surface area contributed by atoms with Gasteiger partial charge in [0.2, 0.25) is 0 Å². The van der Waals surface area contributed by atoms with Gasteiger partial charge in [-0.2, -0.15) is 0 Å². The van der Waals surface area contributed by atoms with E-state index in [1.54, 1.807) is 12.1 Å². The second-order valence-electron chi connectivity index (χ2n) is 2.98. The molecule has 1 aromatic heterocycles. The van der Waals surface area contributed by atoms with Crippen LogP contribution in [0, 0.1) is 12.7 Å². The molecule has 0 fully saturated rings. The van der Waals surface area contributed by atoms with E-state index in [1.165, 1.54) is 17.4 Å². The third-order valence-electron chi connectivity index (χ3n) is 2.03. The van der Waals surface area contributed by atoms with Crippen LogP contribution < -0.4 is 0 Å². The summed E-state index contributed by atoms with van der Waals surface area (Å²) >= 11 is 1.45. The molecule has 1 heterocycles. The van der Waals surface area contributed by atoms with Gasteiger partial charge in [0.1, 0.15) is 5.82 Å². The third kappa shape index (κ3) is 1.34. The van der Waals surface area contributed by atoms with Crippen LogP contribution in [-0.4, -0.2) is 5.11 Å². The highest BCUT2D eigenvalue weighted by Crippen LogP contribution is 2.30. The second-order valence-corrected chi connectivity index (χ2v) is 4.11. The minimum Gasteiger partial charge on any atom is -0.391 e. The van der Waals surface area contributed by atoms with Gasteiger partial charge in [0.15, 0.2) is 0 Å². The Balaban J connectivity index is 2.80. The van der Waals surface area contributed by atoms with Gasteiger partial charge in [0.05, 0.1) is 6.61 Å². The fraction of sp³-hybridized carbons (Fsp3) is 0.200. The molecule has 0 bridgehead atoms. The number of hydrogen-bond donors (Lipinski definition) is 1. The Hall–Kier alpha value is -0.930. The number of hydrogen-bond acceptors (Lipinski definition) is 2. The molecular weight excluding hydrogens is 187 g/mol. The molecule has 13 heavy (non-hydrogen) atoms. The normalized spacial score (nSPS) is 11.0. The van der Waals surface area contributed by atoms with Crippen LogP contribution in [0.5, 0.6) is 0 Å². The van der Waals surface area contributed by atoms with Crippen LogP contribution in [-0.2, 0) is 6.61 Å². The maximum atomic E-state index is 13.2. The average Bonchev–Trinajstić information content (AvgIpc) is 2.56. The number of aryl methyl sites for hydroxylation is 1. The summed E-state index contributed by atoms with van der Waals surface area (Å²) in [6.07, 6.45) is 0. The van der Waals surface area contributed by atoms with Crippen molar-refractivity contribution in [2.24, 2.45) is 0 Å². The molecule has 0 atom stereocenters. The molecule has 0 amide bonds. The van der Waals surface area contributed by atoms with E-state index in [1.807, 2.05) is 6.92 Å². The van der Waals surface area contributed by atoms with Crippen molar-refractivity contribution in [3.8, 4) is 0 Å². The number of halogens is 1. The average molecular weight is 196 g/mol. The van der Waals surface area contributed by atoms with E-state index in [-0.39, 0.29) is 12.4 Å². The van der Waals surface area contributed by atoms with Crippen molar-refractivity contribution in [1.29, 1.82) is 0 Å². The molecule has 0 aliphatic rings. The minimum absolute atomic E-state index is 0.0156. The first-order valence-corrected chi connectivity index (χ1v) is 4.82. The Labute approximate surface area is 79.4 Å². The predicted molar refractivity (Wildman–Crippen MR) is 52.4 cm³/mol. The summed E-state index contributed by atoms with van der Waals surface area (Å²) in [5.74, 6) is -0.212. The standard InChI is InChI=1S/C10H9FOS/c1-6-2-3-9(11)8-4-7(5-12)13-10(6)8/h2-4,12H,5H2,1H3. The molecule has 1 nitrogen and oxygen atoms in total. The van der Waals surface area contributed by atoms with Gasteiger partial charge < -0.3 is 5.11 Å². The molecule has 1 aromatic carbocycles. The first-order chi connectivity index (χ1) is 6.22. The molecule has 0 saturated heterocycles. The van der Waals surface area contributed by atoms with Crippen molar-refractivity contribution in [2.45, 2.75) is 13.5 Å². The molecule has 2 aromatic rings. The van der Waals surface area contributed by atoms with Gasteiger partial charge in [-0.1, -0.05) is 6.07 Å². The maximum Gasteiger partial charge on any atom is 0.131 e. The topological polar surface area (TPSA) is 20.2 Å². The number of aliphatic hydroxyl groups excluding tert-OH is 1. The zero-order valence-corrected chi connectivity index (χ0v) is 7.99. The van der Waals surface area contributed by atoms with Crippen LogP contribution in [0.15, 0.2) is 18.2 Å². The zero-order valence-electron chi connectivity index (χ0n) is 7.17. The smallest absolute Gasteiger partial charge is 0.131 e. The number of benzene rings is 1. The molecule has 0 radical (unpaired) electrons. The molecule has 1 N–H and O–H groups in total. The lowest BCUT2D eigenvalue weighted by Gasteiger charge is -1.94. The highest BCUT2D eigenvalue weighted by Gasteiger charge is 2.07. The van der Waals surface area contributed by atoms with Crippen LogP contribution in [0.4, 0.5) is 4.39 Å². The van der Waals surface area contributed by atoms with Crippen molar-refractivity contribution in [3.63, 3.8) is 0 Å². The summed E-state index contributed by atoms with van der Waals surface area (Å²) in [5, 5.41) is 9.53. The van der Waals surface area contributed by atoms with Gasteiger partial charge in [-0.3, -0.25) is 0 Å². The lowest BCUT2D eigenvalue weighted by Crippen LogP contribution is -1.76. The minimum atomic E-state index is -0.212. The molecule has 0 saturated carbocycles. The Morgan fingerprint density at radius 2 is 2.23 bits per heavy atom. The first-order valence-electron chi connectivity index (χ1n) is 4.01. The lowest BCUT2D eigenvalue weighted by molar-refractivity contribution is 0.285. The Morgan fingerprint density at radius 1 is 1.46 bits per heavy atom. The monoisotopic (exact) mass is 196 g/mol. The fourth-order valence-electron chi connectivity index (χ4n) is 1.35. The molecule has 3 heteroatoms. The summed E-state index contributed by atoms with van der Waals surface area (Å²) in [4.78, 5) is 0.809. The Morgan fingerprint density at radius 3 is 2.85 bits per heavy atom. The first kappa shape index (κ1) is 8.66. The van der Waals surface area contributed by atoms with Crippen LogP contribution in [0.1, 0.15) is 10.4 Å². The SMILES string of the molecule is Cc1ccc(F)c2cc(CO)sc12. The summed E-state index contributed by atoms with van der Waals surface area (Å²) in [7, 11) is 0. The van der Waals surface area contributed by atoms with Crippen molar-refractivity contribution in [2.75, 3.05) is 0 Å². The van der Waals surface area contributed by atoms with Gasteiger partial charge in [0.25, 0.3) is 0 Å². The van der Waals surface area contributed by atoms with Gasteiger partial charge in [-0.05, 0) is 24.6 Å². The van der Waals surface area contributed by atoms with E-state index >= 15 is 0 Å². The second kappa shape index (κ2) is 3.09. The van der Waals surface area contributed by atoms with Crippen LogP contribution in [0.3, 0.4) is 0 Å². The number of fused-ring (bicyclic) bond motifs is 1. The lowest BCUT2D eigenvalue weighted by atomic mass is 10.2. The Bertz CT molecular complexity index is 408. The van der Waals surface area contributed by atoms with Gasteiger partial charge in [-0.15, -0.1) is 11.3 Å². The molecule has 0 aliphatic carbocycles. The number of aliphatic hydroxyl groups is 1. The van der Waals surface area contributed by atoms with Crippen molar-refractivity contribution >= 4 is 21.4 Å². The Kier molecular flexibility index (Phi) is 2.06. The van der Waals surface area contributed by atoms with E-state index in [4.69, 9.17) is 5.11 Å². The van der Waals surface area contributed by atoms with Crippen LogP contribution in [0.2, 0.25) is 0 Å². The van der Waals surface area contributed by atoms with Gasteiger partial charge in [-0.25, -0.2) is 4.39 Å². The van der Waals surface area contributed by atoms with E-state index < -0.39 is 0 Å². The van der Waals surface area contributed by atoms with Crippen LogP contribution in [0.25, 0.3) is 10.1 Å². The van der Waals surface area contributed by atoms with Crippen LogP contribution >= 0.6 is 11.3 Å². The van der Waals surface area contributed by atoms with E-state index in [0.29, 0.717) is 5.39 Å². The fourth-order valence-corrected chi connectivity index (χ4v) is 2.35. The zero-order chi connectivity index (χ0) is 9.42. The third-order valence-corrected chi connectivity index (χ3v) is 3.29. The molecule has 0 aliphatic heterocycles. The maximum absolute atomic E-state index is 13.2. The largest absolute Gasteiger partial charge is 0.391 e. The van der Waals surface area contributed by atoms with Gasteiger partial charge in [0, 0.05) is 15.0 Å². The van der Waals surface area contributed by atoms with E-state index in [2.05, 4.69) is 0 Å². The highest BCUT2D eigenvalue weighted by molar-refractivity contribution is 7.19. The summed E-state index contributed by atoms with van der Waals surface area (Å²) < 4.78 is 14.2. The van der Waals surface area contributed by atoms with Gasteiger partial charge >= 0.3 is 0 Å². The van der Waals surface area contributed by atoms with E-state index in [9.17, 15) is 4.39 Å².